The summed E-state index contributed by atoms with van der Waals surface area (Å²) in [7, 11) is 0. The molecule has 2 N–H and O–H groups in total. The molecule has 0 radical (unpaired) electrons. The maximum Gasteiger partial charge on any atom is 0.418 e. The zero-order valence-corrected chi connectivity index (χ0v) is 15.4. The maximum absolute atomic E-state index is 13.1. The fraction of sp³-hybridized carbons (Fsp3) is 0.263. The van der Waals surface area contributed by atoms with E-state index in [2.05, 4.69) is 10.6 Å². The van der Waals surface area contributed by atoms with Crippen LogP contribution in [0.5, 0.6) is 0 Å². The van der Waals surface area contributed by atoms with Gasteiger partial charge >= 0.3 is 12.4 Å². The Balaban J connectivity index is 1.85. The topological polar surface area (TPSA) is 41.1 Å². The molecule has 3 rings (SSSR count). The van der Waals surface area contributed by atoms with Crippen LogP contribution in [0, 0.1) is 5.92 Å². The van der Waals surface area contributed by atoms with Crippen molar-refractivity contribution >= 4 is 28.8 Å². The van der Waals surface area contributed by atoms with E-state index in [-0.39, 0.29) is 11.5 Å². The highest BCUT2D eigenvalue weighted by atomic mass is 32.1. The van der Waals surface area contributed by atoms with Crippen molar-refractivity contribution in [2.24, 2.45) is 5.92 Å². The van der Waals surface area contributed by atoms with E-state index in [1.165, 1.54) is 24.3 Å². The number of anilines is 1. The minimum Gasteiger partial charge on any atom is -0.378 e. The Hall–Kier alpha value is -2.62. The van der Waals surface area contributed by atoms with Crippen molar-refractivity contribution in [1.82, 2.24) is 5.32 Å². The molecule has 0 bridgehead atoms. The molecule has 0 aromatic heterocycles. The van der Waals surface area contributed by atoms with E-state index >= 15 is 0 Å². The molecule has 2 atom stereocenters. The van der Waals surface area contributed by atoms with Gasteiger partial charge in [0.2, 0.25) is 5.91 Å². The SMILES string of the molecule is O=C(Nc1ccccc1C(F)(F)F)[C@H]1C(=S)NC[C@@H]1c1ccc(C(F)(F)F)cc1. The highest BCUT2D eigenvalue weighted by Gasteiger charge is 2.40. The van der Waals surface area contributed by atoms with Crippen LogP contribution in [0.4, 0.5) is 32.0 Å². The van der Waals surface area contributed by atoms with E-state index in [4.69, 9.17) is 12.2 Å². The first-order valence-electron chi connectivity index (χ1n) is 8.40. The van der Waals surface area contributed by atoms with Gasteiger partial charge in [0.1, 0.15) is 0 Å². The lowest BCUT2D eigenvalue weighted by molar-refractivity contribution is -0.138. The van der Waals surface area contributed by atoms with Crippen LogP contribution < -0.4 is 10.6 Å². The number of rotatable bonds is 3. The molecule has 1 heterocycles. The van der Waals surface area contributed by atoms with Crippen molar-refractivity contribution in [2.75, 3.05) is 11.9 Å². The summed E-state index contributed by atoms with van der Waals surface area (Å²) in [6.45, 7) is 0.184. The van der Waals surface area contributed by atoms with E-state index in [9.17, 15) is 31.1 Å². The molecule has 0 aliphatic carbocycles. The third kappa shape index (κ3) is 4.52. The molecule has 0 saturated carbocycles. The summed E-state index contributed by atoms with van der Waals surface area (Å²) in [6, 6.07) is 8.79. The van der Waals surface area contributed by atoms with Crippen LogP contribution in [0.1, 0.15) is 22.6 Å². The molecule has 2 aromatic rings. The summed E-state index contributed by atoms with van der Waals surface area (Å²) >= 11 is 5.13. The Bertz CT molecular complexity index is 924. The minimum atomic E-state index is -4.66. The first-order chi connectivity index (χ1) is 13.5. The van der Waals surface area contributed by atoms with Gasteiger partial charge in [-0.2, -0.15) is 26.3 Å². The zero-order chi connectivity index (χ0) is 21.4. The monoisotopic (exact) mass is 432 g/mol. The van der Waals surface area contributed by atoms with Crippen LogP contribution in [0.2, 0.25) is 0 Å². The molecule has 29 heavy (non-hydrogen) atoms. The standard InChI is InChI=1S/C19H14F6N2OS/c20-18(21,22)11-7-5-10(6-8-11)12-9-26-17(29)15(12)16(28)27-14-4-2-1-3-13(14)19(23,24)25/h1-8,12,15H,9H2,(H,26,29)(H,27,28)/t12-,15+/m1/s1. The van der Waals surface area contributed by atoms with Crippen molar-refractivity contribution in [1.29, 1.82) is 0 Å². The van der Waals surface area contributed by atoms with Gasteiger partial charge in [-0.05, 0) is 29.8 Å². The summed E-state index contributed by atoms with van der Waals surface area (Å²) in [5.74, 6) is -2.38. The molecule has 154 valence electrons. The number of para-hydroxylation sites is 1. The van der Waals surface area contributed by atoms with Crippen LogP contribution in [-0.2, 0) is 17.1 Å². The Kier molecular flexibility index (Phi) is 5.57. The average Bonchev–Trinajstić information content (AvgIpc) is 3.02. The first kappa shape index (κ1) is 21.1. The average molecular weight is 432 g/mol. The van der Waals surface area contributed by atoms with Crippen molar-refractivity contribution in [3.8, 4) is 0 Å². The second-order valence-corrected chi connectivity index (χ2v) is 6.92. The normalized spacial score (nSPS) is 19.7. The summed E-state index contributed by atoms with van der Waals surface area (Å²) in [5, 5.41) is 5.06. The van der Waals surface area contributed by atoms with Gasteiger partial charge in [-0.1, -0.05) is 36.5 Å². The fourth-order valence-electron chi connectivity index (χ4n) is 3.20. The lowest BCUT2D eigenvalue weighted by atomic mass is 9.87. The van der Waals surface area contributed by atoms with E-state index in [0.29, 0.717) is 5.56 Å². The van der Waals surface area contributed by atoms with Gasteiger partial charge < -0.3 is 10.6 Å². The van der Waals surface area contributed by atoms with Crippen LogP contribution in [0.25, 0.3) is 0 Å². The number of benzene rings is 2. The quantitative estimate of drug-likeness (QED) is 0.530. The molecule has 1 amide bonds. The van der Waals surface area contributed by atoms with Gasteiger partial charge in [0.25, 0.3) is 0 Å². The van der Waals surface area contributed by atoms with Gasteiger partial charge in [-0.25, -0.2) is 0 Å². The van der Waals surface area contributed by atoms with Crippen LogP contribution in [-0.4, -0.2) is 17.4 Å². The Labute approximate surface area is 167 Å². The van der Waals surface area contributed by atoms with Crippen molar-refractivity contribution in [3.63, 3.8) is 0 Å². The lowest BCUT2D eigenvalue weighted by Crippen LogP contribution is -2.31. The lowest BCUT2D eigenvalue weighted by Gasteiger charge is -2.20. The molecule has 0 unspecified atom stereocenters. The smallest absolute Gasteiger partial charge is 0.378 e. The second-order valence-electron chi connectivity index (χ2n) is 6.48. The number of halogens is 6. The Morgan fingerprint density at radius 2 is 1.59 bits per heavy atom. The summed E-state index contributed by atoms with van der Waals surface area (Å²) < 4.78 is 77.7. The first-order valence-corrected chi connectivity index (χ1v) is 8.81. The van der Waals surface area contributed by atoms with Gasteiger partial charge in [-0.15, -0.1) is 0 Å². The number of amides is 1. The predicted octanol–water partition coefficient (Wildman–Crippen LogP) is 4.99. The number of hydrogen-bond acceptors (Lipinski definition) is 2. The van der Waals surface area contributed by atoms with Gasteiger partial charge in [0.15, 0.2) is 0 Å². The second kappa shape index (κ2) is 7.66. The van der Waals surface area contributed by atoms with E-state index < -0.39 is 46.9 Å². The van der Waals surface area contributed by atoms with Crippen LogP contribution in [0.3, 0.4) is 0 Å². The van der Waals surface area contributed by atoms with Gasteiger partial charge in [-0.3, -0.25) is 4.79 Å². The molecule has 10 heteroatoms. The molecule has 1 saturated heterocycles. The van der Waals surface area contributed by atoms with E-state index in [1.807, 2.05) is 0 Å². The molecule has 2 aromatic carbocycles. The van der Waals surface area contributed by atoms with Crippen LogP contribution in [0.15, 0.2) is 48.5 Å². The zero-order valence-electron chi connectivity index (χ0n) is 14.6. The molecular weight excluding hydrogens is 418 g/mol. The summed E-state index contributed by atoms with van der Waals surface area (Å²) in [5.41, 5.74) is -1.83. The van der Waals surface area contributed by atoms with Crippen molar-refractivity contribution in [3.05, 3.63) is 65.2 Å². The van der Waals surface area contributed by atoms with Gasteiger partial charge in [0, 0.05) is 12.5 Å². The number of hydrogen-bond donors (Lipinski definition) is 2. The minimum absolute atomic E-state index is 0.122. The number of carbonyl (C=O) groups excluding carboxylic acids is 1. The highest BCUT2D eigenvalue weighted by Crippen LogP contribution is 2.37. The van der Waals surface area contributed by atoms with E-state index in [1.54, 1.807) is 0 Å². The number of carbonyl (C=O) groups is 1. The molecule has 1 aliphatic rings. The Morgan fingerprint density at radius 1 is 0.966 bits per heavy atom. The highest BCUT2D eigenvalue weighted by molar-refractivity contribution is 7.80. The molecular formula is C19H14F6N2OS. The van der Waals surface area contributed by atoms with Crippen molar-refractivity contribution in [2.45, 2.75) is 18.3 Å². The molecule has 1 aliphatic heterocycles. The number of alkyl halides is 6. The molecule has 0 spiro atoms. The van der Waals surface area contributed by atoms with Crippen LogP contribution >= 0.6 is 12.2 Å². The molecule has 3 nitrogen and oxygen atoms in total. The van der Waals surface area contributed by atoms with Gasteiger partial charge in [0.05, 0.1) is 27.7 Å². The molecule has 1 fully saturated rings. The predicted molar refractivity (Wildman–Crippen MR) is 98.3 cm³/mol. The van der Waals surface area contributed by atoms with Crippen molar-refractivity contribution < 1.29 is 31.1 Å². The Morgan fingerprint density at radius 3 is 2.17 bits per heavy atom. The van der Waals surface area contributed by atoms with E-state index in [0.717, 1.165) is 24.3 Å². The number of thiocarbonyl (C=S) groups is 1. The third-order valence-electron chi connectivity index (χ3n) is 4.62. The fourth-order valence-corrected chi connectivity index (χ4v) is 3.56. The third-order valence-corrected chi connectivity index (χ3v) is 5.02. The number of nitrogens with one attached hydrogen (secondary N) is 2. The largest absolute Gasteiger partial charge is 0.418 e. The maximum atomic E-state index is 13.1. The summed E-state index contributed by atoms with van der Waals surface area (Å²) in [6.07, 6.45) is -9.16. The summed E-state index contributed by atoms with van der Waals surface area (Å²) in [4.78, 5) is 12.9.